The van der Waals surface area contributed by atoms with E-state index in [-0.39, 0.29) is 0 Å². The summed E-state index contributed by atoms with van der Waals surface area (Å²) in [4.78, 5) is 8.54. The zero-order valence-electron chi connectivity index (χ0n) is 9.57. The van der Waals surface area contributed by atoms with Crippen molar-refractivity contribution in [1.82, 2.24) is 9.97 Å². The van der Waals surface area contributed by atoms with Crippen LogP contribution in [0.3, 0.4) is 0 Å². The molecule has 2 aromatic rings. The Morgan fingerprint density at radius 2 is 2.12 bits per heavy atom. The molecule has 0 atom stereocenters. The first kappa shape index (κ1) is 10.6. The highest BCUT2D eigenvalue weighted by atomic mass is 14.9. The van der Waals surface area contributed by atoms with Gasteiger partial charge in [0.1, 0.15) is 11.6 Å². The molecule has 0 bridgehead atoms. The first-order valence-corrected chi connectivity index (χ1v) is 5.39. The van der Waals surface area contributed by atoms with Gasteiger partial charge in [0.2, 0.25) is 0 Å². The Labute approximate surface area is 95.4 Å². The van der Waals surface area contributed by atoms with Gasteiger partial charge in [-0.2, -0.15) is 0 Å². The maximum Gasteiger partial charge on any atom is 0.135 e. The standard InChI is InChI=1S/C13H15N3/c1-3-12-15-8-11(13(14)16-12)10-6-4-5-9(2)7-10/h4-8H,3H2,1-2H3,(H2,14,15,16). The quantitative estimate of drug-likeness (QED) is 0.834. The molecule has 0 radical (unpaired) electrons. The molecule has 0 unspecified atom stereocenters. The summed E-state index contributed by atoms with van der Waals surface area (Å²) < 4.78 is 0. The Morgan fingerprint density at radius 1 is 1.31 bits per heavy atom. The maximum atomic E-state index is 5.93. The Balaban J connectivity index is 2.48. The molecule has 3 heteroatoms. The third-order valence-electron chi connectivity index (χ3n) is 2.51. The molecule has 1 aromatic carbocycles. The summed E-state index contributed by atoms with van der Waals surface area (Å²) in [5.74, 6) is 1.34. The summed E-state index contributed by atoms with van der Waals surface area (Å²) in [5.41, 5.74) is 9.11. The van der Waals surface area contributed by atoms with Crippen molar-refractivity contribution in [3.8, 4) is 11.1 Å². The van der Waals surface area contributed by atoms with E-state index >= 15 is 0 Å². The minimum atomic E-state index is 0.553. The van der Waals surface area contributed by atoms with Crippen molar-refractivity contribution >= 4 is 5.82 Å². The number of nitrogens with zero attached hydrogens (tertiary/aromatic N) is 2. The minimum absolute atomic E-state index is 0.553. The number of aryl methyl sites for hydroxylation is 2. The number of benzene rings is 1. The number of nitrogen functional groups attached to an aromatic ring is 1. The first-order chi connectivity index (χ1) is 7.70. The van der Waals surface area contributed by atoms with E-state index in [2.05, 4.69) is 29.0 Å². The van der Waals surface area contributed by atoms with Crippen LogP contribution in [0.5, 0.6) is 0 Å². The molecule has 0 aliphatic carbocycles. The second-order valence-corrected chi connectivity index (χ2v) is 3.81. The number of nitrogens with two attached hydrogens (primary N) is 1. The monoisotopic (exact) mass is 213 g/mol. The lowest BCUT2D eigenvalue weighted by atomic mass is 10.1. The lowest BCUT2D eigenvalue weighted by Gasteiger charge is -2.06. The van der Waals surface area contributed by atoms with Crippen molar-refractivity contribution in [2.24, 2.45) is 0 Å². The molecular formula is C13H15N3. The largest absolute Gasteiger partial charge is 0.383 e. The van der Waals surface area contributed by atoms with Crippen LogP contribution in [0.2, 0.25) is 0 Å². The summed E-state index contributed by atoms with van der Waals surface area (Å²) in [5, 5.41) is 0. The van der Waals surface area contributed by atoms with E-state index in [1.54, 1.807) is 6.20 Å². The van der Waals surface area contributed by atoms with E-state index in [0.29, 0.717) is 5.82 Å². The fourth-order valence-electron chi connectivity index (χ4n) is 1.64. The average Bonchev–Trinajstić information content (AvgIpc) is 2.28. The number of anilines is 1. The van der Waals surface area contributed by atoms with Gasteiger partial charge >= 0.3 is 0 Å². The summed E-state index contributed by atoms with van der Waals surface area (Å²) in [7, 11) is 0. The molecule has 2 N–H and O–H groups in total. The molecule has 0 saturated heterocycles. The van der Waals surface area contributed by atoms with Crippen molar-refractivity contribution in [3.63, 3.8) is 0 Å². The van der Waals surface area contributed by atoms with Crippen molar-refractivity contribution in [2.75, 3.05) is 5.73 Å². The van der Waals surface area contributed by atoms with E-state index in [1.165, 1.54) is 5.56 Å². The molecule has 1 aromatic heterocycles. The summed E-state index contributed by atoms with van der Waals surface area (Å²) in [6.45, 7) is 4.07. The molecule has 16 heavy (non-hydrogen) atoms. The van der Waals surface area contributed by atoms with Crippen LogP contribution in [0.15, 0.2) is 30.5 Å². The van der Waals surface area contributed by atoms with Gasteiger partial charge in [-0.1, -0.05) is 36.8 Å². The Morgan fingerprint density at radius 3 is 2.75 bits per heavy atom. The van der Waals surface area contributed by atoms with Crippen LogP contribution >= 0.6 is 0 Å². The third-order valence-corrected chi connectivity index (χ3v) is 2.51. The summed E-state index contributed by atoms with van der Waals surface area (Å²) in [6.07, 6.45) is 2.61. The molecule has 2 rings (SSSR count). The SMILES string of the molecule is CCc1ncc(-c2cccc(C)c2)c(N)n1. The van der Waals surface area contributed by atoms with Crippen LogP contribution in [0.25, 0.3) is 11.1 Å². The van der Waals surface area contributed by atoms with Gasteiger partial charge in [-0.3, -0.25) is 0 Å². The van der Waals surface area contributed by atoms with Crippen LogP contribution < -0.4 is 5.73 Å². The molecule has 3 nitrogen and oxygen atoms in total. The number of hydrogen-bond donors (Lipinski definition) is 1. The van der Waals surface area contributed by atoms with Crippen molar-refractivity contribution in [2.45, 2.75) is 20.3 Å². The normalized spacial score (nSPS) is 10.4. The molecule has 0 amide bonds. The highest BCUT2D eigenvalue weighted by Gasteiger charge is 2.05. The average molecular weight is 213 g/mol. The van der Waals surface area contributed by atoms with Crippen LogP contribution in [-0.2, 0) is 6.42 Å². The van der Waals surface area contributed by atoms with E-state index in [4.69, 9.17) is 5.73 Å². The number of hydrogen-bond acceptors (Lipinski definition) is 3. The first-order valence-electron chi connectivity index (χ1n) is 5.39. The highest BCUT2D eigenvalue weighted by molar-refractivity contribution is 5.73. The zero-order chi connectivity index (χ0) is 11.5. The fourth-order valence-corrected chi connectivity index (χ4v) is 1.64. The molecular weight excluding hydrogens is 198 g/mol. The Kier molecular flexibility index (Phi) is 2.86. The Bertz CT molecular complexity index is 506. The highest BCUT2D eigenvalue weighted by Crippen LogP contribution is 2.24. The predicted octanol–water partition coefficient (Wildman–Crippen LogP) is 2.60. The van der Waals surface area contributed by atoms with Crippen LogP contribution in [0.4, 0.5) is 5.82 Å². The second-order valence-electron chi connectivity index (χ2n) is 3.81. The molecule has 82 valence electrons. The molecule has 0 spiro atoms. The lowest BCUT2D eigenvalue weighted by Crippen LogP contribution is -2.00. The second kappa shape index (κ2) is 4.31. The van der Waals surface area contributed by atoms with E-state index in [9.17, 15) is 0 Å². The third kappa shape index (κ3) is 2.03. The Hall–Kier alpha value is -1.90. The maximum absolute atomic E-state index is 5.93. The van der Waals surface area contributed by atoms with Gasteiger partial charge in [-0.15, -0.1) is 0 Å². The summed E-state index contributed by atoms with van der Waals surface area (Å²) in [6, 6.07) is 8.17. The predicted molar refractivity (Wildman–Crippen MR) is 66.0 cm³/mol. The number of aromatic nitrogens is 2. The van der Waals surface area contributed by atoms with Crippen LogP contribution in [-0.4, -0.2) is 9.97 Å². The van der Waals surface area contributed by atoms with Gasteiger partial charge in [0.15, 0.2) is 0 Å². The molecule has 1 heterocycles. The number of rotatable bonds is 2. The van der Waals surface area contributed by atoms with Crippen LogP contribution in [0, 0.1) is 6.92 Å². The van der Waals surface area contributed by atoms with Crippen molar-refractivity contribution in [1.29, 1.82) is 0 Å². The summed E-state index contributed by atoms with van der Waals surface area (Å²) >= 11 is 0. The topological polar surface area (TPSA) is 51.8 Å². The fraction of sp³-hybridized carbons (Fsp3) is 0.231. The van der Waals surface area contributed by atoms with Gasteiger partial charge in [0, 0.05) is 18.2 Å². The minimum Gasteiger partial charge on any atom is -0.383 e. The lowest BCUT2D eigenvalue weighted by molar-refractivity contribution is 0.946. The van der Waals surface area contributed by atoms with Crippen molar-refractivity contribution < 1.29 is 0 Å². The molecule has 0 fully saturated rings. The molecule has 0 saturated carbocycles. The molecule has 0 aliphatic rings. The van der Waals surface area contributed by atoms with Gasteiger partial charge in [0.05, 0.1) is 0 Å². The van der Waals surface area contributed by atoms with Gasteiger partial charge in [-0.05, 0) is 12.5 Å². The zero-order valence-corrected chi connectivity index (χ0v) is 9.57. The van der Waals surface area contributed by atoms with Crippen molar-refractivity contribution in [3.05, 3.63) is 41.9 Å². The van der Waals surface area contributed by atoms with Crippen LogP contribution in [0.1, 0.15) is 18.3 Å². The van der Waals surface area contributed by atoms with Gasteiger partial charge in [-0.25, -0.2) is 9.97 Å². The van der Waals surface area contributed by atoms with E-state index in [0.717, 1.165) is 23.4 Å². The molecule has 0 aliphatic heterocycles. The van der Waals surface area contributed by atoms with E-state index in [1.807, 2.05) is 19.1 Å². The smallest absolute Gasteiger partial charge is 0.135 e. The van der Waals surface area contributed by atoms with E-state index < -0.39 is 0 Å². The van der Waals surface area contributed by atoms with Gasteiger partial charge < -0.3 is 5.73 Å². The van der Waals surface area contributed by atoms with Gasteiger partial charge in [0.25, 0.3) is 0 Å².